The second-order valence-corrected chi connectivity index (χ2v) is 5.62. The van der Waals surface area contributed by atoms with Gasteiger partial charge in [-0.05, 0) is 33.3 Å². The van der Waals surface area contributed by atoms with E-state index in [-0.39, 0.29) is 0 Å². The van der Waals surface area contributed by atoms with Gasteiger partial charge in [0.1, 0.15) is 6.23 Å². The van der Waals surface area contributed by atoms with Crippen molar-refractivity contribution in [3.05, 3.63) is 22.5 Å². The number of aldehydes is 1. The number of nitrogens with zero attached hydrogens (tertiary/aromatic N) is 1. The number of carbonyl (C=O) groups excluding carboxylic acids is 1. The molecule has 5 nitrogen and oxygen atoms in total. The molecule has 1 fully saturated rings. The average Bonchev–Trinajstić information content (AvgIpc) is 2.62. The van der Waals surface area contributed by atoms with Crippen LogP contribution in [0.2, 0.25) is 0 Å². The number of aromatic nitrogens is 1. The standard InChI is InChI=1S/C14H23N3O2/c1-8-5-17(6-9(2)15-8)14(19)13-10(3)12(7-18)16-11(13)4/h7-9,14-16,19H,5-6H2,1-4H3/t8-,9+,14?. The fourth-order valence-electron chi connectivity index (χ4n) is 3.05. The molecule has 0 spiro atoms. The third-order valence-electron chi connectivity index (χ3n) is 3.84. The summed E-state index contributed by atoms with van der Waals surface area (Å²) in [5.74, 6) is 0. The predicted octanol–water partition coefficient (Wildman–Crippen LogP) is 1.12. The molecule has 1 aromatic heterocycles. The van der Waals surface area contributed by atoms with Gasteiger partial charge in [0, 0.05) is 36.4 Å². The maximum atomic E-state index is 11.0. The summed E-state index contributed by atoms with van der Waals surface area (Å²) in [6.07, 6.45) is 0.152. The minimum absolute atomic E-state index is 0.350. The van der Waals surface area contributed by atoms with E-state index in [0.717, 1.165) is 36.2 Å². The van der Waals surface area contributed by atoms with Gasteiger partial charge in [-0.1, -0.05) is 0 Å². The first-order chi connectivity index (χ1) is 8.93. The first-order valence-electron chi connectivity index (χ1n) is 6.76. The van der Waals surface area contributed by atoms with Crippen molar-refractivity contribution in [3.63, 3.8) is 0 Å². The Morgan fingerprint density at radius 1 is 1.32 bits per heavy atom. The van der Waals surface area contributed by atoms with Gasteiger partial charge < -0.3 is 15.4 Å². The van der Waals surface area contributed by atoms with Gasteiger partial charge in [-0.3, -0.25) is 9.69 Å². The lowest BCUT2D eigenvalue weighted by Crippen LogP contribution is -2.55. The van der Waals surface area contributed by atoms with Gasteiger partial charge in [-0.25, -0.2) is 0 Å². The van der Waals surface area contributed by atoms with E-state index in [1.165, 1.54) is 0 Å². The number of hydrogen-bond acceptors (Lipinski definition) is 4. The first kappa shape index (κ1) is 14.2. The molecule has 5 heteroatoms. The number of rotatable bonds is 3. The van der Waals surface area contributed by atoms with Crippen LogP contribution in [0.15, 0.2) is 0 Å². The van der Waals surface area contributed by atoms with Crippen LogP contribution in [-0.4, -0.2) is 46.4 Å². The van der Waals surface area contributed by atoms with Crippen LogP contribution in [0, 0.1) is 13.8 Å². The minimum atomic E-state index is -0.656. The Kier molecular flexibility index (Phi) is 4.08. The normalized spacial score (nSPS) is 26.4. The van der Waals surface area contributed by atoms with E-state index in [1.54, 1.807) is 0 Å². The third kappa shape index (κ3) is 2.73. The smallest absolute Gasteiger partial charge is 0.166 e. The van der Waals surface area contributed by atoms with Crippen LogP contribution in [0.25, 0.3) is 0 Å². The topological polar surface area (TPSA) is 68.4 Å². The zero-order valence-electron chi connectivity index (χ0n) is 12.0. The number of nitrogens with one attached hydrogen (secondary N) is 2. The lowest BCUT2D eigenvalue weighted by Gasteiger charge is -2.39. The largest absolute Gasteiger partial charge is 0.374 e. The SMILES string of the molecule is Cc1[nH]c(C=O)c(C)c1C(O)N1C[C@@H](C)N[C@@H](C)C1. The van der Waals surface area contributed by atoms with Crippen molar-refractivity contribution < 1.29 is 9.90 Å². The fourth-order valence-corrected chi connectivity index (χ4v) is 3.05. The molecule has 19 heavy (non-hydrogen) atoms. The molecule has 2 heterocycles. The van der Waals surface area contributed by atoms with Gasteiger partial charge in [-0.15, -0.1) is 0 Å². The molecule has 0 amide bonds. The van der Waals surface area contributed by atoms with Gasteiger partial charge in [0.25, 0.3) is 0 Å². The monoisotopic (exact) mass is 265 g/mol. The molecule has 0 aliphatic carbocycles. The lowest BCUT2D eigenvalue weighted by atomic mass is 10.1. The van der Waals surface area contributed by atoms with Crippen molar-refractivity contribution in [2.75, 3.05) is 13.1 Å². The van der Waals surface area contributed by atoms with Gasteiger partial charge in [-0.2, -0.15) is 0 Å². The summed E-state index contributed by atoms with van der Waals surface area (Å²) in [6.45, 7) is 9.60. The summed E-state index contributed by atoms with van der Waals surface area (Å²) >= 11 is 0. The molecular weight excluding hydrogens is 242 g/mol. The molecule has 1 unspecified atom stereocenters. The number of aromatic amines is 1. The second-order valence-electron chi connectivity index (χ2n) is 5.62. The number of hydrogen-bond donors (Lipinski definition) is 3. The maximum Gasteiger partial charge on any atom is 0.166 e. The van der Waals surface area contributed by atoms with Crippen LogP contribution in [0.1, 0.15) is 47.4 Å². The number of piperazine rings is 1. The van der Waals surface area contributed by atoms with E-state index in [4.69, 9.17) is 0 Å². The van der Waals surface area contributed by atoms with E-state index in [9.17, 15) is 9.90 Å². The van der Waals surface area contributed by atoms with Crippen LogP contribution in [-0.2, 0) is 0 Å². The van der Waals surface area contributed by atoms with Crippen LogP contribution >= 0.6 is 0 Å². The van der Waals surface area contributed by atoms with E-state index < -0.39 is 6.23 Å². The molecule has 0 bridgehead atoms. The second kappa shape index (κ2) is 5.45. The summed E-state index contributed by atoms with van der Waals surface area (Å²) in [5.41, 5.74) is 3.11. The van der Waals surface area contributed by atoms with Crippen LogP contribution < -0.4 is 5.32 Å². The van der Waals surface area contributed by atoms with Crippen molar-refractivity contribution in [2.24, 2.45) is 0 Å². The Morgan fingerprint density at radius 3 is 2.37 bits per heavy atom. The molecular formula is C14H23N3O2. The number of H-pyrrole nitrogens is 1. The molecule has 0 radical (unpaired) electrons. The molecule has 2 rings (SSSR count). The summed E-state index contributed by atoms with van der Waals surface area (Å²) < 4.78 is 0. The Morgan fingerprint density at radius 2 is 1.89 bits per heavy atom. The Balaban J connectivity index is 2.26. The zero-order chi connectivity index (χ0) is 14.2. The molecule has 1 aliphatic heterocycles. The van der Waals surface area contributed by atoms with Crippen LogP contribution in [0.4, 0.5) is 0 Å². The van der Waals surface area contributed by atoms with Gasteiger partial charge >= 0.3 is 0 Å². The van der Waals surface area contributed by atoms with Crippen LogP contribution in [0.5, 0.6) is 0 Å². The minimum Gasteiger partial charge on any atom is -0.374 e. The Bertz CT molecular complexity index is 460. The molecule has 0 aromatic carbocycles. The highest BCUT2D eigenvalue weighted by Gasteiger charge is 2.29. The van der Waals surface area contributed by atoms with E-state index in [2.05, 4.69) is 29.0 Å². The van der Waals surface area contributed by atoms with Crippen molar-refractivity contribution in [3.8, 4) is 0 Å². The number of aliphatic hydroxyl groups is 1. The maximum absolute atomic E-state index is 11.0. The number of aliphatic hydroxyl groups excluding tert-OH is 1. The van der Waals surface area contributed by atoms with E-state index in [1.807, 2.05) is 13.8 Å². The van der Waals surface area contributed by atoms with Crippen molar-refractivity contribution in [1.29, 1.82) is 0 Å². The molecule has 3 N–H and O–H groups in total. The molecule has 1 aliphatic rings. The highest BCUT2D eigenvalue weighted by Crippen LogP contribution is 2.28. The summed E-state index contributed by atoms with van der Waals surface area (Å²) in [5, 5.41) is 14.1. The van der Waals surface area contributed by atoms with E-state index in [0.29, 0.717) is 17.8 Å². The van der Waals surface area contributed by atoms with Crippen molar-refractivity contribution in [1.82, 2.24) is 15.2 Å². The molecule has 106 valence electrons. The van der Waals surface area contributed by atoms with Crippen molar-refractivity contribution in [2.45, 2.75) is 46.0 Å². The number of aryl methyl sites for hydroxylation is 1. The highest BCUT2D eigenvalue weighted by molar-refractivity contribution is 5.76. The average molecular weight is 265 g/mol. The Hall–Kier alpha value is -1.17. The molecule has 1 saturated heterocycles. The molecule has 3 atom stereocenters. The Labute approximate surface area is 114 Å². The quantitative estimate of drug-likeness (QED) is 0.716. The lowest BCUT2D eigenvalue weighted by molar-refractivity contribution is -0.0238. The van der Waals surface area contributed by atoms with Crippen molar-refractivity contribution >= 4 is 6.29 Å². The third-order valence-corrected chi connectivity index (χ3v) is 3.84. The summed E-state index contributed by atoms with van der Waals surface area (Å²) in [7, 11) is 0. The number of carbonyl (C=O) groups is 1. The van der Waals surface area contributed by atoms with Gasteiger partial charge in [0.15, 0.2) is 6.29 Å². The van der Waals surface area contributed by atoms with Gasteiger partial charge in [0.05, 0.1) is 5.69 Å². The van der Waals surface area contributed by atoms with E-state index >= 15 is 0 Å². The summed E-state index contributed by atoms with van der Waals surface area (Å²) in [4.78, 5) is 16.1. The molecule has 0 saturated carbocycles. The van der Waals surface area contributed by atoms with Crippen LogP contribution in [0.3, 0.4) is 0 Å². The van der Waals surface area contributed by atoms with Gasteiger partial charge in [0.2, 0.25) is 0 Å². The molecule has 1 aromatic rings. The highest BCUT2D eigenvalue weighted by atomic mass is 16.3. The zero-order valence-corrected chi connectivity index (χ0v) is 12.0. The predicted molar refractivity (Wildman–Crippen MR) is 74.2 cm³/mol. The fraction of sp³-hybridized carbons (Fsp3) is 0.643. The first-order valence-corrected chi connectivity index (χ1v) is 6.76. The summed E-state index contributed by atoms with van der Waals surface area (Å²) in [6, 6.07) is 0.701.